The number of aryl methyl sites for hydroxylation is 1. The number of rotatable bonds is 7. The van der Waals surface area contributed by atoms with Crippen LogP contribution < -0.4 is 10.1 Å². The first-order valence-corrected chi connectivity index (χ1v) is 6.75. The van der Waals surface area contributed by atoms with E-state index < -0.39 is 5.97 Å². The molecule has 20 heavy (non-hydrogen) atoms. The molecule has 1 aromatic rings. The van der Waals surface area contributed by atoms with Gasteiger partial charge < -0.3 is 15.2 Å². The topological polar surface area (TPSA) is 75.6 Å². The summed E-state index contributed by atoms with van der Waals surface area (Å²) in [6.45, 7) is 1.86. The van der Waals surface area contributed by atoms with E-state index in [4.69, 9.17) is 9.84 Å². The fourth-order valence-electron chi connectivity index (χ4n) is 2.12. The van der Waals surface area contributed by atoms with Crippen LogP contribution in [0.4, 0.5) is 0 Å². The number of carbonyl (C=O) groups excluding carboxylic acids is 1. The van der Waals surface area contributed by atoms with Gasteiger partial charge in [-0.1, -0.05) is 12.1 Å². The molecule has 0 heterocycles. The summed E-state index contributed by atoms with van der Waals surface area (Å²) in [5.74, 6) is -0.221. The van der Waals surface area contributed by atoms with Crippen molar-refractivity contribution < 1.29 is 19.4 Å². The number of carboxylic acids is 1. The van der Waals surface area contributed by atoms with E-state index in [9.17, 15) is 9.59 Å². The summed E-state index contributed by atoms with van der Waals surface area (Å²) in [7, 11) is 0. The van der Waals surface area contributed by atoms with Crippen molar-refractivity contribution in [3.8, 4) is 5.75 Å². The molecular formula is C15H19NO4. The lowest BCUT2D eigenvalue weighted by Gasteiger charge is -2.16. The number of hydrogen-bond donors (Lipinski definition) is 2. The van der Waals surface area contributed by atoms with Gasteiger partial charge in [-0.15, -0.1) is 0 Å². The molecule has 1 aliphatic carbocycles. The van der Waals surface area contributed by atoms with Crippen molar-refractivity contribution in [3.63, 3.8) is 0 Å². The van der Waals surface area contributed by atoms with Crippen molar-refractivity contribution in [2.45, 2.75) is 32.2 Å². The van der Waals surface area contributed by atoms with Gasteiger partial charge in [-0.2, -0.15) is 0 Å². The standard InChI is InChI=1S/C15H19NO4/c1-10-3-2-4-12(7-10)20-9-14(17)16-13(8-15(18)19)11-5-6-11/h2-4,7,11,13H,5-6,8-9H2,1H3,(H,16,17)(H,18,19). The van der Waals surface area contributed by atoms with Crippen molar-refractivity contribution >= 4 is 11.9 Å². The first kappa shape index (κ1) is 14.4. The molecular weight excluding hydrogens is 258 g/mol. The number of amides is 1. The number of nitrogens with one attached hydrogen (secondary N) is 1. The second-order valence-corrected chi connectivity index (χ2v) is 5.21. The maximum atomic E-state index is 11.8. The Kier molecular flexibility index (Phi) is 4.61. The van der Waals surface area contributed by atoms with Gasteiger partial charge >= 0.3 is 5.97 Å². The molecule has 1 saturated carbocycles. The van der Waals surface area contributed by atoms with Crippen LogP contribution in [0.15, 0.2) is 24.3 Å². The minimum atomic E-state index is -0.887. The second kappa shape index (κ2) is 6.41. The Labute approximate surface area is 117 Å². The van der Waals surface area contributed by atoms with Crippen LogP contribution in [0.25, 0.3) is 0 Å². The summed E-state index contributed by atoms with van der Waals surface area (Å²) in [5.41, 5.74) is 1.06. The zero-order valence-electron chi connectivity index (χ0n) is 11.5. The summed E-state index contributed by atoms with van der Waals surface area (Å²) < 4.78 is 5.40. The van der Waals surface area contributed by atoms with Gasteiger partial charge in [0.25, 0.3) is 5.91 Å². The third kappa shape index (κ3) is 4.57. The van der Waals surface area contributed by atoms with Crippen molar-refractivity contribution in [1.29, 1.82) is 0 Å². The quantitative estimate of drug-likeness (QED) is 0.796. The largest absolute Gasteiger partial charge is 0.484 e. The molecule has 1 fully saturated rings. The molecule has 0 radical (unpaired) electrons. The van der Waals surface area contributed by atoms with Crippen molar-refractivity contribution in [2.24, 2.45) is 5.92 Å². The summed E-state index contributed by atoms with van der Waals surface area (Å²) in [4.78, 5) is 22.6. The van der Waals surface area contributed by atoms with Gasteiger partial charge in [0.1, 0.15) is 5.75 Å². The Morgan fingerprint density at radius 1 is 1.45 bits per heavy atom. The molecule has 108 valence electrons. The Hall–Kier alpha value is -2.04. The minimum absolute atomic E-state index is 0.0269. The molecule has 0 aromatic heterocycles. The fourth-order valence-corrected chi connectivity index (χ4v) is 2.12. The minimum Gasteiger partial charge on any atom is -0.484 e. The SMILES string of the molecule is Cc1cccc(OCC(=O)NC(CC(=O)O)C2CC2)c1. The maximum Gasteiger partial charge on any atom is 0.305 e. The molecule has 2 rings (SSSR count). The van der Waals surface area contributed by atoms with E-state index >= 15 is 0 Å². The molecule has 1 atom stereocenters. The number of ether oxygens (including phenoxy) is 1. The van der Waals surface area contributed by atoms with Crippen molar-refractivity contribution in [1.82, 2.24) is 5.32 Å². The number of hydrogen-bond acceptors (Lipinski definition) is 3. The van der Waals surface area contributed by atoms with E-state index in [0.29, 0.717) is 11.7 Å². The fraction of sp³-hybridized carbons (Fsp3) is 0.467. The highest BCUT2D eigenvalue weighted by Crippen LogP contribution is 2.34. The van der Waals surface area contributed by atoms with Gasteiger partial charge in [-0.25, -0.2) is 0 Å². The molecule has 0 aliphatic heterocycles. The van der Waals surface area contributed by atoms with Gasteiger partial charge in [0.05, 0.1) is 6.42 Å². The van der Waals surface area contributed by atoms with E-state index in [1.807, 2.05) is 25.1 Å². The van der Waals surface area contributed by atoms with E-state index in [1.165, 1.54) is 0 Å². The van der Waals surface area contributed by atoms with Crippen LogP contribution in [-0.4, -0.2) is 29.6 Å². The molecule has 5 heteroatoms. The summed E-state index contributed by atoms with van der Waals surface area (Å²) in [6, 6.07) is 7.17. The predicted molar refractivity (Wildman–Crippen MR) is 73.6 cm³/mol. The van der Waals surface area contributed by atoms with Crippen LogP contribution in [0.1, 0.15) is 24.8 Å². The Bertz CT molecular complexity index is 496. The second-order valence-electron chi connectivity index (χ2n) is 5.21. The number of carbonyl (C=O) groups is 2. The lowest BCUT2D eigenvalue weighted by molar-refractivity contribution is -0.138. The Balaban J connectivity index is 1.80. The van der Waals surface area contributed by atoms with E-state index in [1.54, 1.807) is 6.07 Å². The lowest BCUT2D eigenvalue weighted by atomic mass is 10.1. The number of aliphatic carboxylic acids is 1. The molecule has 0 bridgehead atoms. The van der Waals surface area contributed by atoms with Crippen LogP contribution in [-0.2, 0) is 9.59 Å². The Morgan fingerprint density at radius 2 is 2.20 bits per heavy atom. The molecule has 0 saturated heterocycles. The van der Waals surface area contributed by atoms with E-state index in [2.05, 4.69) is 5.32 Å². The van der Waals surface area contributed by atoms with Gasteiger partial charge in [0, 0.05) is 6.04 Å². The molecule has 5 nitrogen and oxygen atoms in total. The summed E-state index contributed by atoms with van der Waals surface area (Å²) >= 11 is 0. The van der Waals surface area contributed by atoms with Crippen molar-refractivity contribution in [2.75, 3.05) is 6.61 Å². The number of benzene rings is 1. The monoisotopic (exact) mass is 277 g/mol. The predicted octanol–water partition coefficient (Wildman–Crippen LogP) is 1.74. The lowest BCUT2D eigenvalue weighted by Crippen LogP contribution is -2.40. The van der Waals surface area contributed by atoms with Crippen LogP contribution in [0, 0.1) is 12.8 Å². The smallest absolute Gasteiger partial charge is 0.305 e. The van der Waals surface area contributed by atoms with Crippen molar-refractivity contribution in [3.05, 3.63) is 29.8 Å². The molecule has 1 amide bonds. The highest BCUT2D eigenvalue weighted by molar-refractivity contribution is 5.79. The average molecular weight is 277 g/mol. The molecule has 0 spiro atoms. The number of carboxylic acid groups (broad SMARTS) is 1. The summed E-state index contributed by atoms with van der Waals surface area (Å²) in [6.07, 6.45) is 1.94. The van der Waals surface area contributed by atoms with Crippen LogP contribution in [0.3, 0.4) is 0 Å². The summed E-state index contributed by atoms with van der Waals surface area (Å²) in [5, 5.41) is 11.6. The maximum absolute atomic E-state index is 11.8. The van der Waals surface area contributed by atoms with Crippen LogP contribution in [0.2, 0.25) is 0 Å². The van der Waals surface area contributed by atoms with Crippen LogP contribution >= 0.6 is 0 Å². The van der Waals surface area contributed by atoms with E-state index in [0.717, 1.165) is 18.4 Å². The average Bonchev–Trinajstić information content (AvgIpc) is 3.19. The van der Waals surface area contributed by atoms with Crippen LogP contribution in [0.5, 0.6) is 5.75 Å². The first-order chi connectivity index (χ1) is 9.54. The highest BCUT2D eigenvalue weighted by atomic mass is 16.5. The van der Waals surface area contributed by atoms with Gasteiger partial charge in [-0.05, 0) is 43.4 Å². The zero-order chi connectivity index (χ0) is 14.5. The molecule has 1 aliphatic rings. The van der Waals surface area contributed by atoms with Gasteiger partial charge in [-0.3, -0.25) is 9.59 Å². The molecule has 2 N–H and O–H groups in total. The highest BCUT2D eigenvalue weighted by Gasteiger charge is 2.33. The van der Waals surface area contributed by atoms with Gasteiger partial charge in [0.15, 0.2) is 6.61 Å². The van der Waals surface area contributed by atoms with E-state index in [-0.39, 0.29) is 25.0 Å². The normalized spacial score (nSPS) is 15.4. The van der Waals surface area contributed by atoms with Gasteiger partial charge in [0.2, 0.25) is 0 Å². The molecule has 1 aromatic carbocycles. The third-order valence-corrected chi connectivity index (χ3v) is 3.29. The first-order valence-electron chi connectivity index (χ1n) is 6.75. The zero-order valence-corrected chi connectivity index (χ0v) is 11.5. The Morgan fingerprint density at radius 3 is 2.80 bits per heavy atom. The molecule has 1 unspecified atom stereocenters. The third-order valence-electron chi connectivity index (χ3n) is 3.29.